The number of anilines is 1. The van der Waals surface area contributed by atoms with Crippen LogP contribution in [0.2, 0.25) is 0 Å². The Balaban J connectivity index is 2.24. The molecule has 2 N–H and O–H groups in total. The SMILES string of the molecule is CC1=C(C#N)[C@H](C(=O)Nc2cccc(C(F)(F)F)c2)CC(=O)N1. The van der Waals surface area contributed by atoms with E-state index in [0.717, 1.165) is 18.2 Å². The maximum Gasteiger partial charge on any atom is 0.416 e. The molecule has 0 fully saturated rings. The fourth-order valence-corrected chi connectivity index (χ4v) is 2.26. The van der Waals surface area contributed by atoms with E-state index in [-0.39, 0.29) is 23.4 Å². The summed E-state index contributed by atoms with van der Waals surface area (Å²) in [7, 11) is 0. The van der Waals surface area contributed by atoms with Gasteiger partial charge in [-0.3, -0.25) is 9.59 Å². The zero-order valence-electron chi connectivity index (χ0n) is 12.0. The summed E-state index contributed by atoms with van der Waals surface area (Å²) in [6.07, 6.45) is -4.76. The van der Waals surface area contributed by atoms with Gasteiger partial charge in [0.1, 0.15) is 0 Å². The predicted octanol–water partition coefficient (Wildman–Crippen LogP) is 2.58. The molecule has 5 nitrogen and oxygen atoms in total. The first-order chi connectivity index (χ1) is 10.7. The highest BCUT2D eigenvalue weighted by Gasteiger charge is 2.33. The highest BCUT2D eigenvalue weighted by Crippen LogP contribution is 2.31. The molecule has 1 aromatic carbocycles. The van der Waals surface area contributed by atoms with Crippen molar-refractivity contribution in [1.29, 1.82) is 5.26 Å². The Morgan fingerprint density at radius 2 is 2.13 bits per heavy atom. The second-order valence-electron chi connectivity index (χ2n) is 5.02. The van der Waals surface area contributed by atoms with E-state index in [9.17, 15) is 22.8 Å². The van der Waals surface area contributed by atoms with Gasteiger partial charge in [-0.2, -0.15) is 18.4 Å². The van der Waals surface area contributed by atoms with Crippen LogP contribution in [0.1, 0.15) is 18.9 Å². The second kappa shape index (κ2) is 6.12. The number of carbonyl (C=O) groups excluding carboxylic acids is 2. The van der Waals surface area contributed by atoms with Crippen molar-refractivity contribution >= 4 is 17.5 Å². The van der Waals surface area contributed by atoms with Gasteiger partial charge in [0.05, 0.1) is 23.1 Å². The third-order valence-corrected chi connectivity index (χ3v) is 3.36. The molecule has 0 unspecified atom stereocenters. The summed E-state index contributed by atoms with van der Waals surface area (Å²) < 4.78 is 38.0. The number of halogens is 3. The van der Waals surface area contributed by atoms with Crippen LogP contribution in [0.5, 0.6) is 0 Å². The molecule has 1 atom stereocenters. The van der Waals surface area contributed by atoms with Crippen LogP contribution in [-0.4, -0.2) is 11.8 Å². The molecule has 1 aliphatic heterocycles. The molecular weight excluding hydrogens is 311 g/mol. The summed E-state index contributed by atoms with van der Waals surface area (Å²) in [5.41, 5.74) is -0.586. The third-order valence-electron chi connectivity index (χ3n) is 3.36. The number of nitrogens with zero attached hydrogens (tertiary/aromatic N) is 1. The Hall–Kier alpha value is -2.82. The van der Waals surface area contributed by atoms with Crippen molar-refractivity contribution < 1.29 is 22.8 Å². The van der Waals surface area contributed by atoms with Gasteiger partial charge in [0.25, 0.3) is 0 Å². The molecule has 0 aromatic heterocycles. The zero-order chi connectivity index (χ0) is 17.2. The number of hydrogen-bond acceptors (Lipinski definition) is 3. The van der Waals surface area contributed by atoms with Crippen molar-refractivity contribution in [2.45, 2.75) is 19.5 Å². The lowest BCUT2D eigenvalue weighted by Gasteiger charge is -2.22. The largest absolute Gasteiger partial charge is 0.416 e. The van der Waals surface area contributed by atoms with E-state index in [2.05, 4.69) is 10.6 Å². The molecule has 1 aromatic rings. The van der Waals surface area contributed by atoms with Gasteiger partial charge < -0.3 is 10.6 Å². The molecule has 0 bridgehead atoms. The Bertz CT molecular complexity index is 732. The Morgan fingerprint density at radius 3 is 2.74 bits per heavy atom. The average molecular weight is 323 g/mol. The average Bonchev–Trinajstić information content (AvgIpc) is 2.46. The van der Waals surface area contributed by atoms with Crippen molar-refractivity contribution in [3.05, 3.63) is 41.1 Å². The van der Waals surface area contributed by atoms with Gasteiger partial charge >= 0.3 is 6.18 Å². The molecule has 1 aliphatic rings. The van der Waals surface area contributed by atoms with Crippen LogP contribution >= 0.6 is 0 Å². The van der Waals surface area contributed by atoms with Crippen molar-refractivity contribution in [1.82, 2.24) is 5.32 Å². The minimum Gasteiger partial charge on any atom is -0.329 e. The van der Waals surface area contributed by atoms with Crippen LogP contribution in [0.15, 0.2) is 35.5 Å². The molecule has 8 heteroatoms. The van der Waals surface area contributed by atoms with E-state index in [4.69, 9.17) is 5.26 Å². The molecule has 2 amide bonds. The minimum atomic E-state index is -4.53. The number of benzene rings is 1. The maximum absolute atomic E-state index is 12.7. The smallest absolute Gasteiger partial charge is 0.329 e. The first kappa shape index (κ1) is 16.5. The maximum atomic E-state index is 12.7. The fraction of sp³-hybridized carbons (Fsp3) is 0.267. The summed E-state index contributed by atoms with van der Waals surface area (Å²) in [6, 6.07) is 6.00. The van der Waals surface area contributed by atoms with Gasteiger partial charge in [0, 0.05) is 17.8 Å². The summed E-state index contributed by atoms with van der Waals surface area (Å²) in [4.78, 5) is 23.7. The number of hydrogen-bond donors (Lipinski definition) is 2. The number of amides is 2. The number of alkyl halides is 3. The highest BCUT2D eigenvalue weighted by atomic mass is 19.4. The lowest BCUT2D eigenvalue weighted by Crippen LogP contribution is -2.37. The summed E-state index contributed by atoms with van der Waals surface area (Å²) in [5.74, 6) is -2.15. The third kappa shape index (κ3) is 3.69. The van der Waals surface area contributed by atoms with Crippen molar-refractivity contribution in [2.24, 2.45) is 5.92 Å². The molecule has 0 radical (unpaired) electrons. The molecule has 2 rings (SSSR count). The molecule has 120 valence electrons. The standard InChI is InChI=1S/C15H12F3N3O2/c1-8-12(7-19)11(6-13(22)20-8)14(23)21-10-4-2-3-9(5-10)15(16,17)18/h2-5,11H,6H2,1H3,(H,20,22)(H,21,23)/t11-/m1/s1. The van der Waals surface area contributed by atoms with Crippen LogP contribution < -0.4 is 10.6 Å². The van der Waals surface area contributed by atoms with Crippen molar-refractivity contribution in [3.8, 4) is 6.07 Å². The quantitative estimate of drug-likeness (QED) is 0.877. The number of rotatable bonds is 2. The van der Waals surface area contributed by atoms with Crippen LogP contribution in [-0.2, 0) is 15.8 Å². The van der Waals surface area contributed by atoms with Gasteiger partial charge in [-0.25, -0.2) is 0 Å². The summed E-state index contributed by atoms with van der Waals surface area (Å²) >= 11 is 0. The van der Waals surface area contributed by atoms with Crippen LogP contribution in [0.4, 0.5) is 18.9 Å². The molecule has 23 heavy (non-hydrogen) atoms. The first-order valence-corrected chi connectivity index (χ1v) is 6.61. The van der Waals surface area contributed by atoms with Crippen LogP contribution in [0, 0.1) is 17.2 Å². The normalized spacial score (nSPS) is 18.2. The minimum absolute atomic E-state index is 0.0502. The highest BCUT2D eigenvalue weighted by molar-refractivity contribution is 5.99. The molecule has 0 spiro atoms. The summed E-state index contributed by atoms with van der Waals surface area (Å²) in [5, 5.41) is 13.9. The van der Waals surface area contributed by atoms with Gasteiger partial charge in [-0.1, -0.05) is 6.07 Å². The second-order valence-corrected chi connectivity index (χ2v) is 5.02. The van der Waals surface area contributed by atoms with E-state index < -0.39 is 29.5 Å². The van der Waals surface area contributed by atoms with Gasteiger partial charge in [0.15, 0.2) is 0 Å². The number of carbonyl (C=O) groups is 2. The molecule has 0 aliphatic carbocycles. The summed E-state index contributed by atoms with van der Waals surface area (Å²) in [6.45, 7) is 1.49. The molecule has 0 saturated heterocycles. The zero-order valence-corrected chi connectivity index (χ0v) is 12.0. The Labute approximate surface area is 129 Å². The molecular formula is C15H12F3N3O2. The van der Waals surface area contributed by atoms with Crippen LogP contribution in [0.3, 0.4) is 0 Å². The Kier molecular flexibility index (Phi) is 4.40. The molecule has 0 saturated carbocycles. The van der Waals surface area contributed by atoms with E-state index >= 15 is 0 Å². The van der Waals surface area contributed by atoms with Gasteiger partial charge in [-0.05, 0) is 25.1 Å². The number of nitrogens with one attached hydrogen (secondary N) is 2. The topological polar surface area (TPSA) is 82.0 Å². The lowest BCUT2D eigenvalue weighted by atomic mass is 9.90. The van der Waals surface area contributed by atoms with Crippen molar-refractivity contribution in [2.75, 3.05) is 5.32 Å². The number of nitriles is 1. The molecule has 1 heterocycles. The lowest BCUT2D eigenvalue weighted by molar-refractivity contribution is -0.137. The fourth-order valence-electron chi connectivity index (χ4n) is 2.26. The van der Waals surface area contributed by atoms with E-state index in [0.29, 0.717) is 0 Å². The number of allylic oxidation sites excluding steroid dienone is 1. The van der Waals surface area contributed by atoms with E-state index in [1.54, 1.807) is 0 Å². The monoisotopic (exact) mass is 323 g/mol. The van der Waals surface area contributed by atoms with E-state index in [1.165, 1.54) is 13.0 Å². The first-order valence-electron chi connectivity index (χ1n) is 6.61. The van der Waals surface area contributed by atoms with Crippen molar-refractivity contribution in [3.63, 3.8) is 0 Å². The predicted molar refractivity (Wildman–Crippen MR) is 74.6 cm³/mol. The Morgan fingerprint density at radius 1 is 1.43 bits per heavy atom. The van der Waals surface area contributed by atoms with Crippen LogP contribution in [0.25, 0.3) is 0 Å². The van der Waals surface area contributed by atoms with E-state index in [1.807, 2.05) is 6.07 Å². The van der Waals surface area contributed by atoms with Gasteiger partial charge in [-0.15, -0.1) is 0 Å². The van der Waals surface area contributed by atoms with Gasteiger partial charge in [0.2, 0.25) is 11.8 Å².